The van der Waals surface area contributed by atoms with Crippen molar-refractivity contribution < 1.29 is 27.7 Å². The van der Waals surface area contributed by atoms with Crippen molar-refractivity contribution in [3.8, 4) is 5.75 Å². The van der Waals surface area contributed by atoms with Gasteiger partial charge in [0, 0.05) is 30.2 Å². The summed E-state index contributed by atoms with van der Waals surface area (Å²) in [6.07, 6.45) is 0.260. The van der Waals surface area contributed by atoms with E-state index >= 15 is 0 Å². The number of halogens is 1. The van der Waals surface area contributed by atoms with E-state index in [2.05, 4.69) is 5.32 Å². The van der Waals surface area contributed by atoms with E-state index in [0.29, 0.717) is 0 Å². The van der Waals surface area contributed by atoms with Crippen LogP contribution in [0.5, 0.6) is 5.75 Å². The smallest absolute Gasteiger partial charge is 0.273 e. The number of nitrogens with one attached hydrogen (secondary N) is 1. The van der Waals surface area contributed by atoms with E-state index in [1.807, 2.05) is 6.07 Å². The van der Waals surface area contributed by atoms with E-state index in [4.69, 9.17) is 16.3 Å². The third-order valence-corrected chi connectivity index (χ3v) is 8.47. The molecular weight excluding hydrogens is 572 g/mol. The average molecular weight is 603 g/mol. The summed E-state index contributed by atoms with van der Waals surface area (Å²) in [5, 5.41) is 14.3. The molecule has 0 fully saturated rings. The van der Waals surface area contributed by atoms with Crippen molar-refractivity contribution in [2.24, 2.45) is 0 Å². The van der Waals surface area contributed by atoms with Crippen LogP contribution in [0.3, 0.4) is 0 Å². The number of nitro groups is 1. The number of benzene rings is 3. The maximum atomic E-state index is 14.1. The van der Waals surface area contributed by atoms with Gasteiger partial charge in [-0.15, -0.1) is 0 Å². The van der Waals surface area contributed by atoms with Crippen molar-refractivity contribution >= 4 is 44.8 Å². The third-order valence-electron chi connectivity index (χ3n) is 6.48. The van der Waals surface area contributed by atoms with Crippen LogP contribution in [-0.4, -0.2) is 56.8 Å². The highest BCUT2D eigenvalue weighted by atomic mass is 35.5. The number of hydrogen-bond acceptors (Lipinski definition) is 7. The Hall–Kier alpha value is -4.16. The minimum atomic E-state index is -4.59. The second-order valence-electron chi connectivity index (χ2n) is 9.08. The molecule has 2 amide bonds. The van der Waals surface area contributed by atoms with Crippen LogP contribution in [0.4, 0.5) is 11.4 Å². The normalized spacial score (nSPS) is 11.8. The Kier molecular flexibility index (Phi) is 10.3. The van der Waals surface area contributed by atoms with E-state index in [1.54, 1.807) is 31.2 Å². The molecule has 1 unspecified atom stereocenters. The Morgan fingerprint density at radius 3 is 2.37 bits per heavy atom. The van der Waals surface area contributed by atoms with Crippen LogP contribution in [0.1, 0.15) is 24.5 Å². The number of likely N-dealkylation sites (N-methyl/N-ethyl adjacent to an activating group) is 1. The van der Waals surface area contributed by atoms with E-state index < -0.39 is 49.9 Å². The molecule has 0 heterocycles. The predicted molar refractivity (Wildman–Crippen MR) is 156 cm³/mol. The first-order valence-corrected chi connectivity index (χ1v) is 14.4. The maximum absolute atomic E-state index is 14.1. The summed E-state index contributed by atoms with van der Waals surface area (Å²) in [6, 6.07) is 15.8. The zero-order valence-electron chi connectivity index (χ0n) is 23.0. The highest BCUT2D eigenvalue weighted by Crippen LogP contribution is 2.36. The first kappa shape index (κ1) is 31.4. The fourth-order valence-electron chi connectivity index (χ4n) is 4.31. The number of carbonyl (C=O) groups is 2. The number of aryl methyl sites for hydroxylation is 1. The van der Waals surface area contributed by atoms with Gasteiger partial charge in [-0.2, -0.15) is 0 Å². The van der Waals surface area contributed by atoms with Gasteiger partial charge in [-0.05, 0) is 43.2 Å². The largest absolute Gasteiger partial charge is 0.495 e. The fraction of sp³-hybridized carbons (Fsp3) is 0.286. The van der Waals surface area contributed by atoms with Crippen LogP contribution in [0.25, 0.3) is 0 Å². The van der Waals surface area contributed by atoms with Crippen LogP contribution in [-0.2, 0) is 26.2 Å². The molecule has 0 aliphatic rings. The lowest BCUT2D eigenvalue weighted by molar-refractivity contribution is -0.385. The Morgan fingerprint density at radius 1 is 1.10 bits per heavy atom. The van der Waals surface area contributed by atoms with E-state index in [1.165, 1.54) is 56.3 Å². The maximum Gasteiger partial charge on any atom is 0.273 e. The lowest BCUT2D eigenvalue weighted by Gasteiger charge is -2.33. The van der Waals surface area contributed by atoms with Gasteiger partial charge in [-0.1, -0.05) is 54.9 Å². The summed E-state index contributed by atoms with van der Waals surface area (Å²) in [4.78, 5) is 38.6. The summed E-state index contributed by atoms with van der Waals surface area (Å²) < 4.78 is 34.4. The Balaban J connectivity index is 2.18. The summed E-state index contributed by atoms with van der Waals surface area (Å²) in [6.45, 7) is 2.51. The molecule has 0 saturated heterocycles. The molecule has 41 heavy (non-hydrogen) atoms. The van der Waals surface area contributed by atoms with Crippen molar-refractivity contribution in [1.82, 2.24) is 10.2 Å². The second kappa shape index (κ2) is 13.5. The number of sulfonamides is 1. The number of anilines is 1. The summed E-state index contributed by atoms with van der Waals surface area (Å²) in [5.74, 6) is -1.00. The third kappa shape index (κ3) is 7.14. The fourth-order valence-corrected chi connectivity index (χ4v) is 5.91. The van der Waals surface area contributed by atoms with E-state index in [0.717, 1.165) is 15.9 Å². The molecule has 0 aliphatic heterocycles. The van der Waals surface area contributed by atoms with Gasteiger partial charge >= 0.3 is 0 Å². The zero-order chi connectivity index (χ0) is 30.3. The zero-order valence-corrected chi connectivity index (χ0v) is 24.6. The number of hydrogen-bond donors (Lipinski definition) is 1. The summed E-state index contributed by atoms with van der Waals surface area (Å²) in [5.41, 5.74) is 0.547. The van der Waals surface area contributed by atoms with Crippen molar-refractivity contribution in [3.05, 3.63) is 93.0 Å². The molecule has 3 aromatic carbocycles. The number of carbonyl (C=O) groups excluding carboxylic acids is 2. The SMILES string of the molecule is CCC(C(=O)NC)N(Cc1ccccc1)C(=O)CN(c1cc(Cl)ccc1OC)S(=O)(=O)c1ccc(C)c([N+](=O)[O-])c1. The number of methoxy groups -OCH3 is 1. The first-order chi connectivity index (χ1) is 19.4. The molecule has 0 aromatic heterocycles. The molecule has 1 atom stereocenters. The molecule has 218 valence electrons. The minimum Gasteiger partial charge on any atom is -0.495 e. The van der Waals surface area contributed by atoms with Crippen molar-refractivity contribution in [1.29, 1.82) is 0 Å². The van der Waals surface area contributed by atoms with E-state index in [-0.39, 0.29) is 35.0 Å². The molecule has 0 bridgehead atoms. The van der Waals surface area contributed by atoms with Crippen LogP contribution < -0.4 is 14.4 Å². The van der Waals surface area contributed by atoms with Crippen LogP contribution in [0.15, 0.2) is 71.6 Å². The Bertz CT molecular complexity index is 1530. The molecule has 0 spiro atoms. The number of ether oxygens (including phenoxy) is 1. The number of nitro benzene ring substituents is 1. The lowest BCUT2D eigenvalue weighted by atomic mass is 10.1. The van der Waals surface area contributed by atoms with Gasteiger partial charge in [0.2, 0.25) is 11.8 Å². The number of amides is 2. The molecule has 13 heteroatoms. The summed E-state index contributed by atoms with van der Waals surface area (Å²) >= 11 is 6.23. The van der Waals surface area contributed by atoms with E-state index in [9.17, 15) is 28.1 Å². The van der Waals surface area contributed by atoms with Crippen LogP contribution >= 0.6 is 11.6 Å². The standard InChI is InChI=1S/C28H31ClN4O7S/c1-5-23(28(35)30-3)31(17-20-9-7-6-8-10-20)27(34)18-32(25-15-21(29)12-14-26(25)40-4)41(38,39)22-13-11-19(2)24(16-22)33(36)37/h6-16,23H,5,17-18H2,1-4H3,(H,30,35). The minimum absolute atomic E-state index is 0.0299. The molecule has 1 N–H and O–H groups in total. The van der Waals surface area contributed by atoms with Crippen molar-refractivity contribution in [2.45, 2.75) is 37.8 Å². The quantitative estimate of drug-likeness (QED) is 0.241. The molecule has 0 radical (unpaired) electrons. The number of rotatable bonds is 12. The first-order valence-electron chi connectivity index (χ1n) is 12.6. The van der Waals surface area contributed by atoms with Gasteiger partial charge in [0.1, 0.15) is 18.3 Å². The van der Waals surface area contributed by atoms with Crippen LogP contribution in [0.2, 0.25) is 5.02 Å². The topological polar surface area (TPSA) is 139 Å². The monoisotopic (exact) mass is 602 g/mol. The molecule has 3 aromatic rings. The lowest BCUT2D eigenvalue weighted by Crippen LogP contribution is -2.51. The van der Waals surface area contributed by atoms with Gasteiger partial charge in [0.05, 0.1) is 22.6 Å². The van der Waals surface area contributed by atoms with Gasteiger partial charge in [0.25, 0.3) is 15.7 Å². The Labute approximate surface area is 243 Å². The highest BCUT2D eigenvalue weighted by Gasteiger charge is 2.35. The van der Waals surface area contributed by atoms with Gasteiger partial charge < -0.3 is 15.0 Å². The van der Waals surface area contributed by atoms with Crippen molar-refractivity contribution in [3.63, 3.8) is 0 Å². The average Bonchev–Trinajstić information content (AvgIpc) is 2.95. The molecule has 0 aliphatic carbocycles. The predicted octanol–water partition coefficient (Wildman–Crippen LogP) is 4.31. The van der Waals surface area contributed by atoms with Gasteiger partial charge in [0.15, 0.2) is 0 Å². The Morgan fingerprint density at radius 2 is 1.78 bits per heavy atom. The van der Waals surface area contributed by atoms with Crippen molar-refractivity contribution in [2.75, 3.05) is 25.0 Å². The van der Waals surface area contributed by atoms with Crippen LogP contribution in [0, 0.1) is 17.0 Å². The second-order valence-corrected chi connectivity index (χ2v) is 11.4. The van der Waals surface area contributed by atoms with Gasteiger partial charge in [-0.3, -0.25) is 24.0 Å². The van der Waals surface area contributed by atoms with Gasteiger partial charge in [-0.25, -0.2) is 8.42 Å². The highest BCUT2D eigenvalue weighted by molar-refractivity contribution is 7.92. The molecule has 11 nitrogen and oxygen atoms in total. The molecular formula is C28H31ClN4O7S. The summed E-state index contributed by atoms with van der Waals surface area (Å²) in [7, 11) is -1.81. The molecule has 0 saturated carbocycles. The molecule has 3 rings (SSSR count). The number of nitrogens with zero attached hydrogens (tertiary/aromatic N) is 3.